The molecule has 2 aromatic carbocycles. The number of rotatable bonds is 6. The van der Waals surface area contributed by atoms with Crippen LogP contribution in [0, 0.1) is 0 Å². The number of hydrogen-bond acceptors (Lipinski definition) is 4. The monoisotopic (exact) mass is 332 g/mol. The summed E-state index contributed by atoms with van der Waals surface area (Å²) in [5.74, 6) is 0.782. The zero-order valence-corrected chi connectivity index (χ0v) is 13.7. The summed E-state index contributed by atoms with van der Waals surface area (Å²) in [7, 11) is 3.13. The summed E-state index contributed by atoms with van der Waals surface area (Å²) in [4.78, 5) is 11.8. The van der Waals surface area contributed by atoms with E-state index in [2.05, 4.69) is 0 Å². The molecule has 0 heterocycles. The van der Waals surface area contributed by atoms with Crippen LogP contribution in [0.1, 0.15) is 11.1 Å². The Morgan fingerprint density at radius 3 is 2.52 bits per heavy atom. The van der Waals surface area contributed by atoms with Crippen molar-refractivity contribution >= 4 is 23.6 Å². The van der Waals surface area contributed by atoms with Gasteiger partial charge in [-0.2, -0.15) is 0 Å². The molecule has 0 saturated heterocycles. The second-order valence-electron chi connectivity index (χ2n) is 4.65. The van der Waals surface area contributed by atoms with E-state index in [1.54, 1.807) is 38.5 Å². The molecule has 0 spiro atoms. The molecule has 4 nitrogen and oxygen atoms in total. The number of carbonyl (C=O) groups is 1. The van der Waals surface area contributed by atoms with Crippen LogP contribution in [0.2, 0.25) is 5.02 Å². The predicted molar refractivity (Wildman–Crippen MR) is 89.8 cm³/mol. The molecule has 0 amide bonds. The average molecular weight is 333 g/mol. The van der Waals surface area contributed by atoms with Crippen molar-refractivity contribution in [3.63, 3.8) is 0 Å². The fourth-order valence-electron chi connectivity index (χ4n) is 1.93. The minimum Gasteiger partial charge on any atom is -0.493 e. The van der Waals surface area contributed by atoms with Gasteiger partial charge in [-0.15, -0.1) is 0 Å². The van der Waals surface area contributed by atoms with Crippen molar-refractivity contribution in [2.24, 2.45) is 0 Å². The van der Waals surface area contributed by atoms with Crippen LogP contribution in [-0.2, 0) is 16.1 Å². The number of benzene rings is 2. The molecule has 5 heteroatoms. The first-order valence-corrected chi connectivity index (χ1v) is 7.32. The fourth-order valence-corrected chi connectivity index (χ4v) is 2.12. The Morgan fingerprint density at radius 1 is 1.09 bits per heavy atom. The number of ether oxygens (including phenoxy) is 3. The highest BCUT2D eigenvalue weighted by atomic mass is 35.5. The third kappa shape index (κ3) is 4.76. The predicted octanol–water partition coefficient (Wildman–Crippen LogP) is 4.11. The normalized spacial score (nSPS) is 10.6. The van der Waals surface area contributed by atoms with Crippen molar-refractivity contribution < 1.29 is 19.0 Å². The molecule has 0 fully saturated rings. The smallest absolute Gasteiger partial charge is 0.331 e. The number of carbonyl (C=O) groups excluding carboxylic acids is 1. The van der Waals surface area contributed by atoms with Crippen molar-refractivity contribution in [3.05, 3.63) is 64.7 Å². The summed E-state index contributed by atoms with van der Waals surface area (Å²) >= 11 is 6.01. The lowest BCUT2D eigenvalue weighted by Crippen LogP contribution is -2.01. The summed E-state index contributed by atoms with van der Waals surface area (Å²) in [6.45, 7) is 0.134. The van der Waals surface area contributed by atoms with Crippen LogP contribution in [0.3, 0.4) is 0 Å². The minimum absolute atomic E-state index is 0.134. The molecule has 2 rings (SSSR count). The highest BCUT2D eigenvalue weighted by Gasteiger charge is 2.05. The van der Waals surface area contributed by atoms with Gasteiger partial charge in [0.05, 0.1) is 14.2 Å². The van der Waals surface area contributed by atoms with E-state index < -0.39 is 5.97 Å². The topological polar surface area (TPSA) is 44.8 Å². The largest absolute Gasteiger partial charge is 0.493 e. The van der Waals surface area contributed by atoms with Crippen molar-refractivity contribution in [1.82, 2.24) is 0 Å². The highest BCUT2D eigenvalue weighted by molar-refractivity contribution is 6.31. The molecule has 120 valence electrons. The Balaban J connectivity index is 1.97. The number of methoxy groups -OCH3 is 2. The molecule has 0 N–H and O–H groups in total. The maximum Gasteiger partial charge on any atom is 0.331 e. The van der Waals surface area contributed by atoms with E-state index in [1.807, 2.05) is 24.3 Å². The zero-order valence-electron chi connectivity index (χ0n) is 12.9. The van der Waals surface area contributed by atoms with Gasteiger partial charge in [-0.25, -0.2) is 4.79 Å². The Kier molecular flexibility index (Phi) is 6.06. The summed E-state index contributed by atoms with van der Waals surface area (Å²) in [5.41, 5.74) is 1.57. The van der Waals surface area contributed by atoms with E-state index >= 15 is 0 Å². The average Bonchev–Trinajstić information content (AvgIpc) is 2.58. The van der Waals surface area contributed by atoms with Gasteiger partial charge in [0.1, 0.15) is 6.61 Å². The Morgan fingerprint density at radius 2 is 1.83 bits per heavy atom. The minimum atomic E-state index is -0.445. The van der Waals surface area contributed by atoms with Gasteiger partial charge in [0.25, 0.3) is 0 Å². The number of esters is 1. The van der Waals surface area contributed by atoms with Gasteiger partial charge in [-0.05, 0) is 29.8 Å². The molecule has 0 saturated carbocycles. The van der Waals surface area contributed by atoms with E-state index in [0.717, 1.165) is 11.1 Å². The standard InChI is InChI=1S/C18H17ClO4/c1-21-16-9-7-13(11-17(16)22-2)8-10-18(20)23-12-14-5-3-4-6-15(14)19/h3-11H,12H2,1-2H3/b10-8+. The van der Waals surface area contributed by atoms with E-state index in [4.69, 9.17) is 25.8 Å². The molecular formula is C18H17ClO4. The van der Waals surface area contributed by atoms with Crippen LogP contribution >= 0.6 is 11.6 Å². The van der Waals surface area contributed by atoms with Crippen molar-refractivity contribution in [2.45, 2.75) is 6.61 Å². The van der Waals surface area contributed by atoms with Gasteiger partial charge in [0.15, 0.2) is 11.5 Å². The summed E-state index contributed by atoms with van der Waals surface area (Å²) in [5, 5.41) is 0.573. The first kappa shape index (κ1) is 16.9. The van der Waals surface area contributed by atoms with Crippen LogP contribution < -0.4 is 9.47 Å². The van der Waals surface area contributed by atoms with Crippen molar-refractivity contribution in [1.29, 1.82) is 0 Å². The second kappa shape index (κ2) is 8.25. The molecule has 0 atom stereocenters. The van der Waals surface area contributed by atoms with Crippen molar-refractivity contribution in [2.75, 3.05) is 14.2 Å². The fraction of sp³-hybridized carbons (Fsp3) is 0.167. The van der Waals surface area contributed by atoms with E-state index in [0.29, 0.717) is 16.5 Å². The zero-order chi connectivity index (χ0) is 16.7. The van der Waals surface area contributed by atoms with E-state index in [1.165, 1.54) is 6.08 Å². The highest BCUT2D eigenvalue weighted by Crippen LogP contribution is 2.28. The summed E-state index contributed by atoms with van der Waals surface area (Å²) in [6, 6.07) is 12.6. The molecule has 0 aromatic heterocycles. The quantitative estimate of drug-likeness (QED) is 0.590. The van der Waals surface area contributed by atoms with Gasteiger partial charge < -0.3 is 14.2 Å². The maximum absolute atomic E-state index is 11.8. The number of halogens is 1. The maximum atomic E-state index is 11.8. The van der Waals surface area contributed by atoms with Crippen LogP contribution in [0.15, 0.2) is 48.5 Å². The van der Waals surface area contributed by atoms with Gasteiger partial charge in [-0.3, -0.25) is 0 Å². The van der Waals surface area contributed by atoms with Crippen molar-refractivity contribution in [3.8, 4) is 11.5 Å². The summed E-state index contributed by atoms with van der Waals surface area (Å²) in [6.07, 6.45) is 3.01. The summed E-state index contributed by atoms with van der Waals surface area (Å²) < 4.78 is 15.5. The van der Waals surface area contributed by atoms with Gasteiger partial charge in [0.2, 0.25) is 0 Å². The van der Waals surface area contributed by atoms with Crippen LogP contribution in [0.5, 0.6) is 11.5 Å². The van der Waals surface area contributed by atoms with E-state index in [-0.39, 0.29) is 6.61 Å². The third-order valence-corrected chi connectivity index (χ3v) is 3.52. The molecule has 23 heavy (non-hydrogen) atoms. The van der Waals surface area contributed by atoms with E-state index in [9.17, 15) is 4.79 Å². The van der Waals surface area contributed by atoms with Gasteiger partial charge >= 0.3 is 5.97 Å². The molecule has 2 aromatic rings. The molecule has 0 radical (unpaired) electrons. The first-order valence-electron chi connectivity index (χ1n) is 6.94. The molecule has 0 aliphatic heterocycles. The first-order chi connectivity index (χ1) is 11.1. The number of hydrogen-bond donors (Lipinski definition) is 0. The van der Waals surface area contributed by atoms with Crippen LogP contribution in [0.4, 0.5) is 0 Å². The van der Waals surface area contributed by atoms with Crippen LogP contribution in [0.25, 0.3) is 6.08 Å². The third-order valence-electron chi connectivity index (χ3n) is 3.15. The van der Waals surface area contributed by atoms with Crippen LogP contribution in [-0.4, -0.2) is 20.2 Å². The molecular weight excluding hydrogens is 316 g/mol. The molecule has 0 aliphatic rings. The lowest BCUT2D eigenvalue weighted by Gasteiger charge is -2.07. The Labute approximate surface area is 140 Å². The SMILES string of the molecule is COc1ccc(/C=C/C(=O)OCc2ccccc2Cl)cc1OC. The molecule has 0 bridgehead atoms. The van der Waals surface area contributed by atoms with Gasteiger partial charge in [0, 0.05) is 16.7 Å². The molecule has 0 aliphatic carbocycles. The Bertz CT molecular complexity index is 710. The van der Waals surface area contributed by atoms with Gasteiger partial charge in [-0.1, -0.05) is 35.9 Å². The molecule has 0 unspecified atom stereocenters. The lowest BCUT2D eigenvalue weighted by atomic mass is 10.2. The Hall–Kier alpha value is -2.46. The lowest BCUT2D eigenvalue weighted by molar-refractivity contribution is -0.138. The second-order valence-corrected chi connectivity index (χ2v) is 5.05.